The number of carbonyl (C=O) groups is 4. The number of hydrogen-bond donors (Lipinski definition) is 4. The second kappa shape index (κ2) is 17.2. The predicted octanol–water partition coefficient (Wildman–Crippen LogP) is 6.44. The molecule has 0 heterocycles. The first-order valence-electron chi connectivity index (χ1n) is 16.6. The third-order valence-electron chi connectivity index (χ3n) is 8.72. The van der Waals surface area contributed by atoms with E-state index in [4.69, 9.17) is 10.2 Å². The lowest BCUT2D eigenvalue weighted by molar-refractivity contribution is -0.138. The molecule has 0 radical (unpaired) electrons. The van der Waals surface area contributed by atoms with Gasteiger partial charge in [-0.05, 0) is 33.4 Å². The molecular formula is C44H38N2O6. The number of carboxylic acids is 2. The van der Waals surface area contributed by atoms with Gasteiger partial charge in [-0.15, -0.1) is 0 Å². The lowest BCUT2D eigenvalue weighted by atomic mass is 9.68. The Kier molecular flexibility index (Phi) is 12.1. The molecule has 0 unspecified atom stereocenters. The number of rotatable bonds is 12. The average Bonchev–Trinajstić information content (AvgIpc) is 3.20. The maximum Gasteiger partial charge on any atom is 0.322 e. The number of amides is 2. The zero-order valence-corrected chi connectivity index (χ0v) is 28.3. The van der Waals surface area contributed by atoms with E-state index >= 15 is 0 Å². The van der Waals surface area contributed by atoms with Crippen LogP contribution in [0.4, 0.5) is 0 Å². The SMILES string of the molecule is O=C(O)CNC(=O)C(c1ccccc1)(c1ccccc1)c1ccccc1.O=C(O)CNC(=O)C(c1ccccc1)(c1ccccc1)c1ccccc1. The lowest BCUT2D eigenvalue weighted by Crippen LogP contribution is -2.47. The van der Waals surface area contributed by atoms with Crippen LogP contribution in [0.1, 0.15) is 33.4 Å². The van der Waals surface area contributed by atoms with Gasteiger partial charge in [-0.25, -0.2) is 0 Å². The van der Waals surface area contributed by atoms with Crippen molar-refractivity contribution >= 4 is 23.8 Å². The molecule has 0 saturated carbocycles. The summed E-state index contributed by atoms with van der Waals surface area (Å²) in [5.41, 5.74) is 2.39. The monoisotopic (exact) mass is 690 g/mol. The molecule has 6 aromatic rings. The molecule has 52 heavy (non-hydrogen) atoms. The van der Waals surface area contributed by atoms with E-state index in [1.165, 1.54) is 0 Å². The summed E-state index contributed by atoms with van der Waals surface area (Å²) in [6.07, 6.45) is 0. The number of carboxylic acid groups (broad SMARTS) is 2. The molecule has 0 saturated heterocycles. The van der Waals surface area contributed by atoms with Crippen molar-refractivity contribution in [2.45, 2.75) is 10.8 Å². The van der Waals surface area contributed by atoms with Crippen molar-refractivity contribution in [3.63, 3.8) is 0 Å². The van der Waals surface area contributed by atoms with Gasteiger partial charge < -0.3 is 20.8 Å². The molecule has 0 spiro atoms. The van der Waals surface area contributed by atoms with Crippen LogP contribution in [-0.4, -0.2) is 47.1 Å². The molecule has 260 valence electrons. The number of nitrogens with one attached hydrogen (secondary N) is 2. The summed E-state index contributed by atoms with van der Waals surface area (Å²) < 4.78 is 0. The maximum absolute atomic E-state index is 13.4. The molecule has 4 N–H and O–H groups in total. The van der Waals surface area contributed by atoms with E-state index < -0.39 is 35.9 Å². The molecule has 0 aliphatic carbocycles. The summed E-state index contributed by atoms with van der Waals surface area (Å²) in [7, 11) is 0. The first-order valence-corrected chi connectivity index (χ1v) is 16.6. The summed E-state index contributed by atoms with van der Waals surface area (Å²) >= 11 is 0. The molecule has 0 fully saturated rings. The van der Waals surface area contributed by atoms with Crippen LogP contribution >= 0.6 is 0 Å². The summed E-state index contributed by atoms with van der Waals surface area (Å²) in [4.78, 5) is 48.8. The minimum atomic E-state index is -1.14. The number of carbonyl (C=O) groups excluding carboxylic acids is 2. The Bertz CT molecular complexity index is 1710. The van der Waals surface area contributed by atoms with Gasteiger partial charge in [0, 0.05) is 0 Å². The fraction of sp³-hybridized carbons (Fsp3) is 0.0909. The van der Waals surface area contributed by atoms with Crippen molar-refractivity contribution in [3.8, 4) is 0 Å². The van der Waals surface area contributed by atoms with Crippen molar-refractivity contribution in [1.82, 2.24) is 10.6 Å². The summed E-state index contributed by atoms with van der Waals surface area (Å²) in [5, 5.41) is 23.2. The highest BCUT2D eigenvalue weighted by atomic mass is 16.4. The van der Waals surface area contributed by atoms with E-state index in [0.29, 0.717) is 0 Å². The van der Waals surface area contributed by atoms with Crippen LogP contribution < -0.4 is 10.6 Å². The van der Waals surface area contributed by atoms with Gasteiger partial charge in [-0.3, -0.25) is 19.2 Å². The van der Waals surface area contributed by atoms with Crippen molar-refractivity contribution in [2.24, 2.45) is 0 Å². The zero-order chi connectivity index (χ0) is 36.8. The molecular weight excluding hydrogens is 652 g/mol. The van der Waals surface area contributed by atoms with Crippen LogP contribution in [0.25, 0.3) is 0 Å². The standard InChI is InChI=1S/2C22H19NO3/c2*24-20(25)16-23-21(26)22(17-10-4-1-5-11-17,18-12-6-2-7-13-18)19-14-8-3-9-15-19/h2*1-15H,16H2,(H,23,26)(H,24,25). The largest absolute Gasteiger partial charge is 0.480 e. The van der Waals surface area contributed by atoms with E-state index in [9.17, 15) is 19.2 Å². The smallest absolute Gasteiger partial charge is 0.322 e. The summed E-state index contributed by atoms with van der Waals surface area (Å²) in [6, 6.07) is 56.5. The van der Waals surface area contributed by atoms with Crippen molar-refractivity contribution in [2.75, 3.05) is 13.1 Å². The van der Waals surface area contributed by atoms with Crippen LogP contribution in [0, 0.1) is 0 Å². The Hall–Kier alpha value is -6.80. The molecule has 0 atom stereocenters. The third kappa shape index (κ3) is 7.82. The van der Waals surface area contributed by atoms with Crippen LogP contribution in [0.2, 0.25) is 0 Å². The van der Waals surface area contributed by atoms with Gasteiger partial charge in [0.1, 0.15) is 23.9 Å². The van der Waals surface area contributed by atoms with Crippen molar-refractivity contribution in [1.29, 1.82) is 0 Å². The van der Waals surface area contributed by atoms with E-state index in [0.717, 1.165) is 33.4 Å². The Morgan fingerprint density at radius 2 is 0.519 bits per heavy atom. The Morgan fingerprint density at radius 1 is 0.346 bits per heavy atom. The molecule has 0 aliphatic rings. The molecule has 0 bridgehead atoms. The van der Waals surface area contributed by atoms with Gasteiger partial charge in [-0.1, -0.05) is 182 Å². The number of benzene rings is 6. The van der Waals surface area contributed by atoms with Crippen LogP contribution in [0.3, 0.4) is 0 Å². The van der Waals surface area contributed by atoms with Gasteiger partial charge in [0.25, 0.3) is 0 Å². The highest BCUT2D eigenvalue weighted by Gasteiger charge is 2.45. The van der Waals surface area contributed by atoms with Gasteiger partial charge in [0.05, 0.1) is 0 Å². The van der Waals surface area contributed by atoms with Gasteiger partial charge in [0.2, 0.25) is 11.8 Å². The first kappa shape index (κ1) is 36.5. The van der Waals surface area contributed by atoms with Crippen molar-refractivity contribution in [3.05, 3.63) is 215 Å². The van der Waals surface area contributed by atoms with E-state index in [1.807, 2.05) is 182 Å². The van der Waals surface area contributed by atoms with Crippen LogP contribution in [-0.2, 0) is 30.0 Å². The van der Waals surface area contributed by atoms with Gasteiger partial charge in [-0.2, -0.15) is 0 Å². The van der Waals surface area contributed by atoms with Crippen molar-refractivity contribution < 1.29 is 29.4 Å². The predicted molar refractivity (Wildman–Crippen MR) is 200 cm³/mol. The normalized spacial score (nSPS) is 10.9. The topological polar surface area (TPSA) is 133 Å². The number of aliphatic carboxylic acids is 2. The average molecular weight is 691 g/mol. The molecule has 6 rings (SSSR count). The zero-order valence-electron chi connectivity index (χ0n) is 28.3. The molecule has 0 aliphatic heterocycles. The Morgan fingerprint density at radius 3 is 0.673 bits per heavy atom. The lowest BCUT2D eigenvalue weighted by Gasteiger charge is -2.34. The van der Waals surface area contributed by atoms with Gasteiger partial charge in [0.15, 0.2) is 0 Å². The maximum atomic E-state index is 13.4. The highest BCUT2D eigenvalue weighted by molar-refractivity contribution is 5.98. The second-order valence-corrected chi connectivity index (χ2v) is 11.8. The van der Waals surface area contributed by atoms with E-state index in [1.54, 1.807) is 0 Å². The van der Waals surface area contributed by atoms with E-state index in [-0.39, 0.29) is 11.8 Å². The minimum absolute atomic E-state index is 0.372. The summed E-state index contributed by atoms with van der Waals surface area (Å²) in [5.74, 6) is -2.91. The minimum Gasteiger partial charge on any atom is -0.480 e. The molecule has 8 heteroatoms. The molecule has 0 aromatic heterocycles. The number of hydrogen-bond acceptors (Lipinski definition) is 4. The third-order valence-corrected chi connectivity index (χ3v) is 8.72. The Balaban J connectivity index is 0.000000201. The quantitative estimate of drug-likeness (QED) is 0.109. The van der Waals surface area contributed by atoms with Crippen LogP contribution in [0.5, 0.6) is 0 Å². The first-order chi connectivity index (χ1) is 25.3. The van der Waals surface area contributed by atoms with E-state index in [2.05, 4.69) is 10.6 Å². The molecule has 8 nitrogen and oxygen atoms in total. The fourth-order valence-corrected chi connectivity index (χ4v) is 6.49. The van der Waals surface area contributed by atoms with Gasteiger partial charge >= 0.3 is 11.9 Å². The second-order valence-electron chi connectivity index (χ2n) is 11.8. The Labute approximate surface area is 302 Å². The molecule has 6 aromatic carbocycles. The fourth-order valence-electron chi connectivity index (χ4n) is 6.49. The van der Waals surface area contributed by atoms with Crippen LogP contribution in [0.15, 0.2) is 182 Å². The summed E-state index contributed by atoms with van der Waals surface area (Å²) in [6.45, 7) is -0.875. The molecule has 2 amide bonds. The highest BCUT2D eigenvalue weighted by Crippen LogP contribution is 2.40.